The molecule has 0 N–H and O–H groups in total. The summed E-state index contributed by atoms with van der Waals surface area (Å²) in [5.74, 6) is 0.876. The van der Waals surface area contributed by atoms with Crippen molar-refractivity contribution in [2.24, 2.45) is 0 Å². The van der Waals surface area contributed by atoms with Crippen molar-refractivity contribution in [2.45, 2.75) is 24.3 Å². The highest BCUT2D eigenvalue weighted by Crippen LogP contribution is 2.31. The minimum absolute atomic E-state index is 0.0725. The van der Waals surface area contributed by atoms with E-state index in [0.717, 1.165) is 5.56 Å². The fourth-order valence-electron chi connectivity index (χ4n) is 2.84. The first-order valence-electron chi connectivity index (χ1n) is 8.77. The van der Waals surface area contributed by atoms with Gasteiger partial charge >= 0.3 is 0 Å². The molecule has 1 atom stereocenters. The van der Waals surface area contributed by atoms with Crippen molar-refractivity contribution in [3.8, 4) is 11.5 Å². The van der Waals surface area contributed by atoms with E-state index in [4.69, 9.17) is 9.47 Å². The monoisotopic (exact) mass is 389 g/mol. The highest BCUT2D eigenvalue weighted by atomic mass is 32.2. The molecule has 1 aliphatic heterocycles. The summed E-state index contributed by atoms with van der Waals surface area (Å²) in [4.78, 5) is 14.1. The van der Waals surface area contributed by atoms with Gasteiger partial charge in [-0.05, 0) is 31.2 Å². The van der Waals surface area contributed by atoms with Gasteiger partial charge in [0.25, 0.3) is 0 Å². The molecule has 0 fully saturated rings. The minimum Gasteiger partial charge on any atom is -0.486 e. The Labute approximate surface area is 159 Å². The molecule has 7 heteroatoms. The van der Waals surface area contributed by atoms with Crippen molar-refractivity contribution < 1.29 is 22.7 Å². The topological polar surface area (TPSA) is 72.9 Å². The van der Waals surface area contributed by atoms with Crippen LogP contribution in [0.25, 0.3) is 0 Å². The molecule has 0 aromatic heterocycles. The summed E-state index contributed by atoms with van der Waals surface area (Å²) in [6, 6.07) is 14.0. The molecular weight excluding hydrogens is 366 g/mol. The number of ether oxygens (including phenoxy) is 2. The van der Waals surface area contributed by atoms with Gasteiger partial charge < -0.3 is 14.4 Å². The number of carbonyl (C=O) groups excluding carboxylic acids is 1. The average molecular weight is 389 g/mol. The van der Waals surface area contributed by atoms with Gasteiger partial charge in [0.1, 0.15) is 6.61 Å². The number of nitrogens with zero attached hydrogens (tertiary/aromatic N) is 1. The molecule has 0 spiro atoms. The Kier molecular flexibility index (Phi) is 5.70. The van der Waals surface area contributed by atoms with E-state index in [9.17, 15) is 13.2 Å². The zero-order chi connectivity index (χ0) is 19.4. The maximum Gasteiger partial charge on any atom is 0.223 e. The predicted octanol–water partition coefficient (Wildman–Crippen LogP) is 2.46. The fraction of sp³-hybridized carbons (Fsp3) is 0.350. The van der Waals surface area contributed by atoms with Crippen LogP contribution in [0.4, 0.5) is 0 Å². The Balaban J connectivity index is 1.53. The molecule has 2 aromatic rings. The molecular formula is C20H23NO5S. The smallest absolute Gasteiger partial charge is 0.223 e. The number of benzene rings is 2. The number of para-hydroxylation sites is 2. The molecule has 0 radical (unpaired) electrons. The third-order valence-electron chi connectivity index (χ3n) is 4.44. The maximum atomic E-state index is 12.4. The summed E-state index contributed by atoms with van der Waals surface area (Å²) in [7, 11) is -1.84. The van der Waals surface area contributed by atoms with Crippen molar-refractivity contribution in [3.63, 3.8) is 0 Å². The lowest BCUT2D eigenvalue weighted by Crippen LogP contribution is -2.42. The number of amides is 1. The van der Waals surface area contributed by atoms with E-state index in [2.05, 4.69) is 0 Å². The van der Waals surface area contributed by atoms with Gasteiger partial charge in [0, 0.05) is 13.5 Å². The largest absolute Gasteiger partial charge is 0.486 e. The molecule has 0 saturated heterocycles. The Morgan fingerprint density at radius 2 is 1.78 bits per heavy atom. The first-order chi connectivity index (χ1) is 12.8. The lowest BCUT2D eigenvalue weighted by molar-refractivity contribution is -0.130. The highest BCUT2D eigenvalue weighted by Gasteiger charge is 2.24. The average Bonchev–Trinajstić information content (AvgIpc) is 2.66. The lowest BCUT2D eigenvalue weighted by Gasteiger charge is -2.29. The molecule has 144 valence electrons. The van der Waals surface area contributed by atoms with E-state index < -0.39 is 9.84 Å². The Morgan fingerprint density at radius 3 is 2.48 bits per heavy atom. The molecule has 1 heterocycles. The molecule has 0 bridgehead atoms. The van der Waals surface area contributed by atoms with Gasteiger partial charge in [-0.3, -0.25) is 4.79 Å². The van der Waals surface area contributed by atoms with Crippen LogP contribution < -0.4 is 9.47 Å². The van der Waals surface area contributed by atoms with Gasteiger partial charge in [-0.1, -0.05) is 29.8 Å². The summed E-state index contributed by atoms with van der Waals surface area (Å²) in [6.07, 6.45) is -0.362. The van der Waals surface area contributed by atoms with Crippen LogP contribution in [0, 0.1) is 6.92 Å². The fourth-order valence-corrected chi connectivity index (χ4v) is 4.07. The number of likely N-dealkylation sites (N-methyl/N-ethyl adjacent to an activating group) is 1. The number of rotatable bonds is 6. The van der Waals surface area contributed by atoms with Crippen LogP contribution in [0.1, 0.15) is 12.0 Å². The van der Waals surface area contributed by atoms with Crippen molar-refractivity contribution in [2.75, 3.05) is 26.0 Å². The number of carbonyl (C=O) groups is 1. The molecule has 27 heavy (non-hydrogen) atoms. The van der Waals surface area contributed by atoms with Gasteiger partial charge in [0.15, 0.2) is 27.4 Å². The quantitative estimate of drug-likeness (QED) is 0.759. The molecule has 1 aliphatic rings. The summed E-state index contributed by atoms with van der Waals surface area (Å²) < 4.78 is 36.2. The number of aryl methyl sites for hydroxylation is 1. The Hall–Kier alpha value is -2.54. The van der Waals surface area contributed by atoms with E-state index in [0.29, 0.717) is 24.7 Å². The highest BCUT2D eigenvalue weighted by molar-refractivity contribution is 7.91. The van der Waals surface area contributed by atoms with Crippen LogP contribution in [0.5, 0.6) is 11.5 Å². The predicted molar refractivity (Wildman–Crippen MR) is 102 cm³/mol. The van der Waals surface area contributed by atoms with E-state index in [-0.39, 0.29) is 29.1 Å². The molecule has 2 aromatic carbocycles. The maximum absolute atomic E-state index is 12.4. The second-order valence-corrected chi connectivity index (χ2v) is 8.76. The minimum atomic E-state index is -3.48. The zero-order valence-electron chi connectivity index (χ0n) is 15.4. The van der Waals surface area contributed by atoms with Crippen LogP contribution in [-0.4, -0.2) is 51.3 Å². The van der Waals surface area contributed by atoms with Gasteiger partial charge in [-0.25, -0.2) is 8.42 Å². The van der Waals surface area contributed by atoms with E-state index in [1.54, 1.807) is 31.3 Å². The van der Waals surface area contributed by atoms with E-state index >= 15 is 0 Å². The SMILES string of the molecule is Cc1ccc(S(=O)(=O)CCC(=O)N(C)CC2COc3ccccc3O2)cc1. The first kappa shape index (κ1) is 19.2. The Morgan fingerprint density at radius 1 is 1.11 bits per heavy atom. The lowest BCUT2D eigenvalue weighted by atomic mass is 10.2. The van der Waals surface area contributed by atoms with Crippen LogP contribution in [0.15, 0.2) is 53.4 Å². The molecule has 6 nitrogen and oxygen atoms in total. The second kappa shape index (κ2) is 8.00. The second-order valence-electron chi connectivity index (χ2n) is 6.65. The van der Waals surface area contributed by atoms with Crippen molar-refractivity contribution in [1.82, 2.24) is 4.90 Å². The third kappa shape index (κ3) is 4.80. The molecule has 0 saturated carbocycles. The van der Waals surface area contributed by atoms with Gasteiger partial charge in [0.05, 0.1) is 17.2 Å². The molecule has 1 amide bonds. The normalized spacial score (nSPS) is 16.0. The first-order valence-corrected chi connectivity index (χ1v) is 10.4. The summed E-state index contributed by atoms with van der Waals surface area (Å²) in [5, 5.41) is 0. The molecule has 3 rings (SSSR count). The van der Waals surface area contributed by atoms with Crippen molar-refractivity contribution in [3.05, 3.63) is 54.1 Å². The third-order valence-corrected chi connectivity index (χ3v) is 6.17. The van der Waals surface area contributed by atoms with Crippen LogP contribution in [0.2, 0.25) is 0 Å². The van der Waals surface area contributed by atoms with Crippen LogP contribution in [-0.2, 0) is 14.6 Å². The number of hydrogen-bond acceptors (Lipinski definition) is 5. The molecule has 0 aliphatic carbocycles. The Bertz CT molecular complexity index is 908. The number of hydrogen-bond donors (Lipinski definition) is 0. The van der Waals surface area contributed by atoms with Crippen molar-refractivity contribution in [1.29, 1.82) is 0 Å². The summed E-state index contributed by atoms with van der Waals surface area (Å²) in [6.45, 7) is 2.57. The van der Waals surface area contributed by atoms with Gasteiger partial charge in [0.2, 0.25) is 5.91 Å². The molecule has 1 unspecified atom stereocenters. The standard InChI is InChI=1S/C20H23NO5S/c1-15-7-9-17(10-8-15)27(23,24)12-11-20(22)21(2)13-16-14-25-18-5-3-4-6-19(18)26-16/h3-10,16H,11-14H2,1-2H3. The van der Waals surface area contributed by atoms with Crippen LogP contribution >= 0.6 is 0 Å². The van der Waals surface area contributed by atoms with Gasteiger partial charge in [-0.15, -0.1) is 0 Å². The van der Waals surface area contributed by atoms with Gasteiger partial charge in [-0.2, -0.15) is 0 Å². The van der Waals surface area contributed by atoms with Crippen LogP contribution in [0.3, 0.4) is 0 Å². The summed E-state index contributed by atoms with van der Waals surface area (Å²) >= 11 is 0. The van der Waals surface area contributed by atoms with E-state index in [1.807, 2.05) is 31.2 Å². The van der Waals surface area contributed by atoms with E-state index in [1.165, 1.54) is 4.90 Å². The summed E-state index contributed by atoms with van der Waals surface area (Å²) in [5.41, 5.74) is 0.987. The van der Waals surface area contributed by atoms with Crippen molar-refractivity contribution >= 4 is 15.7 Å². The number of fused-ring (bicyclic) bond motifs is 1. The number of sulfone groups is 1. The zero-order valence-corrected chi connectivity index (χ0v) is 16.2.